The minimum atomic E-state index is -0.971. The summed E-state index contributed by atoms with van der Waals surface area (Å²) in [6, 6.07) is 11.9. The second-order valence-corrected chi connectivity index (χ2v) is 4.52. The average Bonchev–Trinajstić information content (AvgIpc) is 2.47. The number of amides is 1. The van der Waals surface area contributed by atoms with Crippen molar-refractivity contribution in [1.82, 2.24) is 5.32 Å². The summed E-state index contributed by atoms with van der Waals surface area (Å²) in [4.78, 5) is 22.5. The van der Waals surface area contributed by atoms with Crippen LogP contribution in [0, 0.1) is 5.82 Å². The van der Waals surface area contributed by atoms with Crippen molar-refractivity contribution in [3.05, 3.63) is 71.0 Å². The molecule has 0 fully saturated rings. The first-order valence-electron chi connectivity index (χ1n) is 6.42. The third kappa shape index (κ3) is 4.14. The van der Waals surface area contributed by atoms with Gasteiger partial charge in [-0.1, -0.05) is 18.2 Å². The number of aromatic carboxylic acids is 1. The molecule has 4 nitrogen and oxygen atoms in total. The number of hydrogen-bond donors (Lipinski definition) is 2. The lowest BCUT2D eigenvalue weighted by atomic mass is 10.1. The molecule has 5 heteroatoms. The molecule has 0 aliphatic carbocycles. The van der Waals surface area contributed by atoms with Crippen molar-refractivity contribution in [3.8, 4) is 0 Å². The van der Waals surface area contributed by atoms with Crippen LogP contribution in [0.2, 0.25) is 0 Å². The highest BCUT2D eigenvalue weighted by Gasteiger charge is 2.06. The molecule has 0 radical (unpaired) electrons. The van der Waals surface area contributed by atoms with Gasteiger partial charge in [-0.2, -0.15) is 0 Å². The van der Waals surface area contributed by atoms with Gasteiger partial charge >= 0.3 is 5.97 Å². The zero-order valence-corrected chi connectivity index (χ0v) is 11.2. The average molecular weight is 287 g/mol. The summed E-state index contributed by atoms with van der Waals surface area (Å²) >= 11 is 0. The van der Waals surface area contributed by atoms with Gasteiger partial charge in [-0.25, -0.2) is 9.18 Å². The summed E-state index contributed by atoms with van der Waals surface area (Å²) in [7, 11) is 0. The van der Waals surface area contributed by atoms with Gasteiger partial charge in [0.1, 0.15) is 5.82 Å². The van der Waals surface area contributed by atoms with E-state index in [0.717, 1.165) is 5.56 Å². The Morgan fingerprint density at radius 3 is 2.38 bits per heavy atom. The summed E-state index contributed by atoms with van der Waals surface area (Å²) in [6.07, 6.45) is 0.570. The van der Waals surface area contributed by atoms with Crippen LogP contribution in [0.1, 0.15) is 26.3 Å². The zero-order valence-electron chi connectivity index (χ0n) is 11.2. The lowest BCUT2D eigenvalue weighted by Crippen LogP contribution is -2.25. The normalized spacial score (nSPS) is 10.1. The van der Waals surface area contributed by atoms with Gasteiger partial charge < -0.3 is 10.4 Å². The molecule has 0 bridgehead atoms. The monoisotopic (exact) mass is 287 g/mol. The fourth-order valence-electron chi connectivity index (χ4n) is 1.87. The molecule has 0 unspecified atom stereocenters. The van der Waals surface area contributed by atoms with Crippen molar-refractivity contribution in [3.63, 3.8) is 0 Å². The van der Waals surface area contributed by atoms with Gasteiger partial charge in [0, 0.05) is 12.1 Å². The molecule has 1 amide bonds. The Balaban J connectivity index is 1.86. The van der Waals surface area contributed by atoms with Crippen LogP contribution in [0.5, 0.6) is 0 Å². The number of rotatable bonds is 5. The molecule has 0 spiro atoms. The molecule has 2 N–H and O–H groups in total. The van der Waals surface area contributed by atoms with Crippen molar-refractivity contribution in [2.24, 2.45) is 0 Å². The zero-order chi connectivity index (χ0) is 15.2. The molecule has 0 aromatic heterocycles. The first kappa shape index (κ1) is 14.7. The van der Waals surface area contributed by atoms with Gasteiger partial charge in [0.15, 0.2) is 0 Å². The molecule has 0 aliphatic rings. The van der Waals surface area contributed by atoms with E-state index in [1.54, 1.807) is 18.2 Å². The van der Waals surface area contributed by atoms with Crippen molar-refractivity contribution in [2.45, 2.75) is 6.42 Å². The predicted molar refractivity (Wildman–Crippen MR) is 75.8 cm³/mol. The Morgan fingerprint density at radius 1 is 1.05 bits per heavy atom. The molecular formula is C16H14FNO3. The molecule has 2 rings (SSSR count). The second kappa shape index (κ2) is 6.65. The molecule has 108 valence electrons. The van der Waals surface area contributed by atoms with Gasteiger partial charge in [0.05, 0.1) is 5.56 Å². The van der Waals surface area contributed by atoms with Crippen LogP contribution >= 0.6 is 0 Å². The van der Waals surface area contributed by atoms with Crippen LogP contribution in [0.4, 0.5) is 4.39 Å². The van der Waals surface area contributed by atoms with Crippen molar-refractivity contribution >= 4 is 11.9 Å². The lowest BCUT2D eigenvalue weighted by Gasteiger charge is -2.06. The smallest absolute Gasteiger partial charge is 0.335 e. The second-order valence-electron chi connectivity index (χ2n) is 4.52. The maximum absolute atomic E-state index is 13.0. The third-order valence-corrected chi connectivity index (χ3v) is 2.99. The van der Waals surface area contributed by atoms with Gasteiger partial charge in [0.2, 0.25) is 0 Å². The SMILES string of the molecule is O=C(O)c1ccc(CCNC(=O)c2cccc(F)c2)cc1. The molecule has 0 saturated carbocycles. The number of nitrogens with one attached hydrogen (secondary N) is 1. The Labute approximate surface area is 121 Å². The molecule has 2 aromatic carbocycles. The molecule has 0 heterocycles. The number of halogens is 1. The maximum atomic E-state index is 13.0. The maximum Gasteiger partial charge on any atom is 0.335 e. The van der Waals surface area contributed by atoms with Crippen LogP contribution in [0.3, 0.4) is 0 Å². The highest BCUT2D eigenvalue weighted by atomic mass is 19.1. The van der Waals surface area contributed by atoms with Gasteiger partial charge in [0.25, 0.3) is 5.91 Å². The van der Waals surface area contributed by atoms with E-state index >= 15 is 0 Å². The van der Waals surface area contributed by atoms with Gasteiger partial charge in [-0.3, -0.25) is 4.79 Å². The molecular weight excluding hydrogens is 273 g/mol. The number of carbonyl (C=O) groups excluding carboxylic acids is 1. The highest BCUT2D eigenvalue weighted by Crippen LogP contribution is 2.06. The Bertz CT molecular complexity index is 653. The van der Waals surface area contributed by atoms with Gasteiger partial charge in [-0.15, -0.1) is 0 Å². The summed E-state index contributed by atoms with van der Waals surface area (Å²) in [6.45, 7) is 0.391. The largest absolute Gasteiger partial charge is 0.478 e. The fourth-order valence-corrected chi connectivity index (χ4v) is 1.87. The van der Waals surface area contributed by atoms with Crippen molar-refractivity contribution in [2.75, 3.05) is 6.54 Å². The quantitative estimate of drug-likeness (QED) is 0.888. The molecule has 21 heavy (non-hydrogen) atoms. The topological polar surface area (TPSA) is 66.4 Å². The standard InChI is InChI=1S/C16H14FNO3/c17-14-3-1-2-13(10-14)15(19)18-9-8-11-4-6-12(7-5-11)16(20)21/h1-7,10H,8-9H2,(H,18,19)(H,20,21). The van der Waals surface area contributed by atoms with Crippen LogP contribution in [0.25, 0.3) is 0 Å². The molecule has 0 saturated heterocycles. The Hall–Kier alpha value is -2.69. The number of carboxylic acids is 1. The molecule has 0 atom stereocenters. The van der Waals surface area contributed by atoms with Crippen LogP contribution in [0.15, 0.2) is 48.5 Å². The first-order valence-corrected chi connectivity index (χ1v) is 6.42. The van der Waals surface area contributed by atoms with Gasteiger partial charge in [-0.05, 0) is 42.3 Å². The van der Waals surface area contributed by atoms with E-state index in [2.05, 4.69) is 5.32 Å². The number of carboxylic acid groups (broad SMARTS) is 1. The molecule has 0 aliphatic heterocycles. The summed E-state index contributed by atoms with van der Waals surface area (Å²) < 4.78 is 13.0. The highest BCUT2D eigenvalue weighted by molar-refractivity contribution is 5.94. The number of carbonyl (C=O) groups is 2. The number of benzene rings is 2. The van der Waals surface area contributed by atoms with E-state index in [4.69, 9.17) is 5.11 Å². The number of hydrogen-bond acceptors (Lipinski definition) is 2. The first-order chi connectivity index (χ1) is 10.1. The van der Waals surface area contributed by atoms with E-state index < -0.39 is 11.8 Å². The fraction of sp³-hybridized carbons (Fsp3) is 0.125. The van der Waals surface area contributed by atoms with Crippen molar-refractivity contribution < 1.29 is 19.1 Å². The summed E-state index contributed by atoms with van der Waals surface area (Å²) in [5.41, 5.74) is 1.42. The van der Waals surface area contributed by atoms with E-state index in [1.165, 1.54) is 30.3 Å². The van der Waals surface area contributed by atoms with Crippen molar-refractivity contribution in [1.29, 1.82) is 0 Å². The third-order valence-electron chi connectivity index (χ3n) is 2.99. The van der Waals surface area contributed by atoms with E-state index in [-0.39, 0.29) is 17.0 Å². The summed E-state index contributed by atoms with van der Waals surface area (Å²) in [5.74, 6) is -1.76. The minimum Gasteiger partial charge on any atom is -0.478 e. The Morgan fingerprint density at radius 2 is 1.76 bits per heavy atom. The summed E-state index contributed by atoms with van der Waals surface area (Å²) in [5, 5.41) is 11.5. The lowest BCUT2D eigenvalue weighted by molar-refractivity contribution is 0.0696. The van der Waals surface area contributed by atoms with Crippen LogP contribution in [-0.4, -0.2) is 23.5 Å². The van der Waals surface area contributed by atoms with Crippen LogP contribution in [-0.2, 0) is 6.42 Å². The van der Waals surface area contributed by atoms with E-state index in [1.807, 2.05) is 0 Å². The predicted octanol–water partition coefficient (Wildman–Crippen LogP) is 2.50. The Kier molecular flexibility index (Phi) is 4.66. The van der Waals surface area contributed by atoms with E-state index in [0.29, 0.717) is 13.0 Å². The minimum absolute atomic E-state index is 0.225. The van der Waals surface area contributed by atoms with E-state index in [9.17, 15) is 14.0 Å². The molecule has 2 aromatic rings. The van der Waals surface area contributed by atoms with Crippen LogP contribution < -0.4 is 5.32 Å².